The number of likely N-dealkylation sites (N-methyl/N-ethyl adjacent to an activating group) is 1. The molecule has 28 heavy (non-hydrogen) atoms. The summed E-state index contributed by atoms with van der Waals surface area (Å²) in [6.07, 6.45) is -4.48. The SMILES string of the molecule is C=C1[C@H](c2ccc(C(F)(F)F)cc2)[C@@](C)(c2ccc(F)cc2F)N=C(N)N1C. The zero-order valence-electron chi connectivity index (χ0n) is 15.2. The van der Waals surface area contributed by atoms with Gasteiger partial charge in [-0.15, -0.1) is 0 Å². The fraction of sp³-hybridized carbons (Fsp3) is 0.250. The van der Waals surface area contributed by atoms with Crippen molar-refractivity contribution in [3.63, 3.8) is 0 Å². The van der Waals surface area contributed by atoms with E-state index in [1.54, 1.807) is 14.0 Å². The molecule has 2 aromatic carbocycles. The molecule has 3 nitrogen and oxygen atoms in total. The highest BCUT2D eigenvalue weighted by atomic mass is 19.4. The van der Waals surface area contributed by atoms with Gasteiger partial charge in [-0.05, 0) is 30.7 Å². The van der Waals surface area contributed by atoms with Gasteiger partial charge in [0.25, 0.3) is 0 Å². The van der Waals surface area contributed by atoms with E-state index in [-0.39, 0.29) is 11.5 Å². The van der Waals surface area contributed by atoms with Gasteiger partial charge in [0, 0.05) is 24.4 Å². The van der Waals surface area contributed by atoms with Crippen LogP contribution in [-0.2, 0) is 11.7 Å². The van der Waals surface area contributed by atoms with E-state index in [0.717, 1.165) is 24.3 Å². The summed E-state index contributed by atoms with van der Waals surface area (Å²) < 4.78 is 66.7. The molecule has 0 fully saturated rings. The Hall–Kier alpha value is -2.90. The first-order valence-corrected chi connectivity index (χ1v) is 8.35. The standard InChI is InChI=1S/C20H18F5N3/c1-11-17(12-4-6-13(7-5-12)20(23,24)25)19(2,27-18(26)28(11)3)15-9-8-14(21)10-16(15)22/h4-10,17H,1H2,2-3H3,(H2,26,27)/t17-,19-/m1/s1. The first-order valence-electron chi connectivity index (χ1n) is 8.35. The van der Waals surface area contributed by atoms with Crippen molar-refractivity contribution in [3.05, 3.63) is 83.1 Å². The number of guanidine groups is 1. The smallest absolute Gasteiger partial charge is 0.370 e. The molecule has 1 heterocycles. The highest BCUT2D eigenvalue weighted by Gasteiger charge is 2.45. The number of benzene rings is 2. The summed E-state index contributed by atoms with van der Waals surface area (Å²) in [6, 6.07) is 7.61. The van der Waals surface area contributed by atoms with Crippen LogP contribution in [0.3, 0.4) is 0 Å². The maximum Gasteiger partial charge on any atom is 0.416 e. The average molecular weight is 395 g/mol. The van der Waals surface area contributed by atoms with Crippen molar-refractivity contribution < 1.29 is 22.0 Å². The number of aliphatic imine (C=N–C) groups is 1. The van der Waals surface area contributed by atoms with Crippen LogP contribution in [0.1, 0.15) is 29.5 Å². The van der Waals surface area contributed by atoms with Gasteiger partial charge >= 0.3 is 6.18 Å². The first kappa shape index (κ1) is 19.9. The lowest BCUT2D eigenvalue weighted by Crippen LogP contribution is -2.47. The van der Waals surface area contributed by atoms with Crippen molar-refractivity contribution >= 4 is 5.96 Å². The van der Waals surface area contributed by atoms with E-state index in [1.165, 1.54) is 23.1 Å². The third kappa shape index (κ3) is 3.23. The van der Waals surface area contributed by atoms with Crippen molar-refractivity contribution in [1.29, 1.82) is 0 Å². The van der Waals surface area contributed by atoms with Crippen LogP contribution in [0.2, 0.25) is 0 Å². The fourth-order valence-electron chi connectivity index (χ4n) is 3.54. The summed E-state index contributed by atoms with van der Waals surface area (Å²) in [7, 11) is 1.61. The number of halogens is 5. The van der Waals surface area contributed by atoms with Crippen molar-refractivity contribution in [3.8, 4) is 0 Å². The minimum atomic E-state index is -4.48. The van der Waals surface area contributed by atoms with Gasteiger partial charge in [0.1, 0.15) is 17.2 Å². The van der Waals surface area contributed by atoms with Crippen LogP contribution in [0.15, 0.2) is 59.7 Å². The number of alkyl halides is 3. The Balaban J connectivity index is 2.19. The molecule has 8 heteroatoms. The van der Waals surface area contributed by atoms with Crippen molar-refractivity contribution in [2.45, 2.75) is 24.6 Å². The van der Waals surface area contributed by atoms with E-state index in [2.05, 4.69) is 11.6 Å². The van der Waals surface area contributed by atoms with Crippen LogP contribution < -0.4 is 5.73 Å². The lowest BCUT2D eigenvalue weighted by Gasteiger charge is -2.44. The van der Waals surface area contributed by atoms with Gasteiger partial charge in [-0.25, -0.2) is 13.8 Å². The highest BCUT2D eigenvalue weighted by Crippen LogP contribution is 2.48. The normalized spacial score (nSPS) is 23.0. The van der Waals surface area contributed by atoms with Crippen LogP contribution in [-0.4, -0.2) is 17.9 Å². The molecular formula is C20H18F5N3. The number of rotatable bonds is 2. The maximum atomic E-state index is 14.6. The Morgan fingerprint density at radius 3 is 2.25 bits per heavy atom. The van der Waals surface area contributed by atoms with Gasteiger partial charge in [0.15, 0.2) is 5.96 Å². The lowest BCUT2D eigenvalue weighted by atomic mass is 9.73. The monoisotopic (exact) mass is 395 g/mol. The van der Waals surface area contributed by atoms with E-state index in [1.807, 2.05) is 0 Å². The minimum absolute atomic E-state index is 0.0657. The third-order valence-electron chi connectivity index (χ3n) is 5.06. The van der Waals surface area contributed by atoms with Gasteiger partial charge in [0.05, 0.1) is 11.5 Å². The Morgan fingerprint density at radius 1 is 1.11 bits per heavy atom. The van der Waals surface area contributed by atoms with E-state index in [4.69, 9.17) is 5.73 Å². The molecule has 2 N–H and O–H groups in total. The molecule has 0 bridgehead atoms. The number of nitrogens with zero attached hydrogens (tertiary/aromatic N) is 2. The van der Waals surface area contributed by atoms with Crippen LogP contribution in [0.5, 0.6) is 0 Å². The second-order valence-electron chi connectivity index (χ2n) is 6.84. The predicted molar refractivity (Wildman–Crippen MR) is 96.4 cm³/mol. The largest absolute Gasteiger partial charge is 0.416 e. The molecule has 1 aliphatic heterocycles. The minimum Gasteiger partial charge on any atom is -0.370 e. The van der Waals surface area contributed by atoms with Crippen LogP contribution in [0, 0.1) is 11.6 Å². The quantitative estimate of drug-likeness (QED) is 0.746. The average Bonchev–Trinajstić information content (AvgIpc) is 2.59. The van der Waals surface area contributed by atoms with Crippen LogP contribution in [0.25, 0.3) is 0 Å². The Labute approximate surface area is 159 Å². The summed E-state index contributed by atoms with van der Waals surface area (Å²) in [5, 5.41) is 0. The van der Waals surface area contributed by atoms with Crippen molar-refractivity contribution in [2.24, 2.45) is 10.7 Å². The molecule has 2 atom stereocenters. The van der Waals surface area contributed by atoms with Gasteiger partial charge in [0.2, 0.25) is 0 Å². The lowest BCUT2D eigenvalue weighted by molar-refractivity contribution is -0.137. The molecule has 0 aromatic heterocycles. The fourth-order valence-corrected chi connectivity index (χ4v) is 3.54. The molecule has 0 amide bonds. The second-order valence-corrected chi connectivity index (χ2v) is 6.84. The van der Waals surface area contributed by atoms with E-state index >= 15 is 0 Å². The van der Waals surface area contributed by atoms with Gasteiger partial charge in [-0.1, -0.05) is 24.8 Å². The predicted octanol–water partition coefficient (Wildman–Crippen LogP) is 4.76. The Bertz CT molecular complexity index is 949. The summed E-state index contributed by atoms with van der Waals surface area (Å²) >= 11 is 0. The molecule has 0 unspecified atom stereocenters. The van der Waals surface area contributed by atoms with Gasteiger partial charge in [-0.3, -0.25) is 0 Å². The molecule has 148 valence electrons. The number of hydrogen-bond donors (Lipinski definition) is 1. The zero-order valence-corrected chi connectivity index (χ0v) is 15.2. The highest BCUT2D eigenvalue weighted by molar-refractivity contribution is 5.82. The van der Waals surface area contributed by atoms with E-state index in [0.29, 0.717) is 11.3 Å². The topological polar surface area (TPSA) is 41.6 Å². The first-order chi connectivity index (χ1) is 12.9. The molecule has 0 spiro atoms. The summed E-state index contributed by atoms with van der Waals surface area (Å²) in [5.41, 5.74) is 4.77. The molecule has 0 saturated carbocycles. The zero-order chi connectivity index (χ0) is 20.9. The van der Waals surface area contributed by atoms with Crippen molar-refractivity contribution in [2.75, 3.05) is 7.05 Å². The number of hydrogen-bond acceptors (Lipinski definition) is 3. The maximum absolute atomic E-state index is 14.6. The third-order valence-corrected chi connectivity index (χ3v) is 5.06. The Morgan fingerprint density at radius 2 is 1.71 bits per heavy atom. The number of nitrogens with two attached hydrogens (primary N) is 1. The summed E-state index contributed by atoms with van der Waals surface area (Å²) in [4.78, 5) is 5.90. The molecule has 0 radical (unpaired) electrons. The molecule has 2 aromatic rings. The molecule has 1 aliphatic rings. The second kappa shape index (κ2) is 6.61. The van der Waals surface area contributed by atoms with Gasteiger partial charge < -0.3 is 10.6 Å². The van der Waals surface area contributed by atoms with Crippen LogP contribution in [0.4, 0.5) is 22.0 Å². The molecule has 0 saturated heterocycles. The van der Waals surface area contributed by atoms with E-state index < -0.39 is 34.8 Å². The van der Waals surface area contributed by atoms with Gasteiger partial charge in [-0.2, -0.15) is 13.2 Å². The molecule has 0 aliphatic carbocycles. The summed E-state index contributed by atoms with van der Waals surface area (Å²) in [6.45, 7) is 5.58. The molecular weight excluding hydrogens is 377 g/mol. The van der Waals surface area contributed by atoms with Crippen LogP contribution >= 0.6 is 0 Å². The van der Waals surface area contributed by atoms with Crippen molar-refractivity contribution in [1.82, 2.24) is 4.90 Å². The summed E-state index contributed by atoms with van der Waals surface area (Å²) in [5.74, 6) is -2.22. The van der Waals surface area contributed by atoms with E-state index in [9.17, 15) is 22.0 Å². The molecule has 3 rings (SSSR count). The Kier molecular flexibility index (Phi) is 4.69.